The molecule has 0 amide bonds. The van der Waals surface area contributed by atoms with Crippen molar-refractivity contribution in [3.63, 3.8) is 0 Å². The maximum Gasteiger partial charge on any atom is 0.393 e. The van der Waals surface area contributed by atoms with Gasteiger partial charge in [0.1, 0.15) is 5.75 Å². The summed E-state index contributed by atoms with van der Waals surface area (Å²) in [6.45, 7) is 0. The van der Waals surface area contributed by atoms with Crippen molar-refractivity contribution < 1.29 is 17.9 Å². The van der Waals surface area contributed by atoms with Gasteiger partial charge in [-0.1, -0.05) is 18.2 Å². The fourth-order valence-corrected chi connectivity index (χ4v) is 2.59. The first-order valence-electron chi connectivity index (χ1n) is 6.79. The fraction of sp³-hybridized carbons (Fsp3) is 0.176. The third kappa shape index (κ3) is 2.79. The minimum absolute atomic E-state index is 0.272. The maximum atomic E-state index is 12.9. The number of H-pyrrole nitrogens is 1. The van der Waals surface area contributed by atoms with E-state index < -0.39 is 12.6 Å². The van der Waals surface area contributed by atoms with E-state index in [1.54, 1.807) is 55.6 Å². The molecule has 3 aromatic rings. The number of benzene rings is 2. The summed E-state index contributed by atoms with van der Waals surface area (Å²) < 4.78 is 43.9. The molecule has 0 unspecified atom stereocenters. The molecule has 3 rings (SSSR count). The van der Waals surface area contributed by atoms with Gasteiger partial charge in [-0.05, 0) is 41.5 Å². The predicted octanol–water partition coefficient (Wildman–Crippen LogP) is 4.95. The van der Waals surface area contributed by atoms with Crippen LogP contribution in [0.4, 0.5) is 13.2 Å². The molecule has 0 saturated carbocycles. The number of halogens is 3. The van der Waals surface area contributed by atoms with Gasteiger partial charge >= 0.3 is 6.18 Å². The Morgan fingerprint density at radius 2 is 1.68 bits per heavy atom. The predicted molar refractivity (Wildman–Crippen MR) is 80.0 cm³/mol. The van der Waals surface area contributed by atoms with Crippen LogP contribution in [0.1, 0.15) is 5.56 Å². The monoisotopic (exact) mass is 305 g/mol. The number of alkyl halides is 3. The van der Waals surface area contributed by atoms with Gasteiger partial charge in [-0.2, -0.15) is 13.2 Å². The topological polar surface area (TPSA) is 25.0 Å². The molecule has 0 aliphatic heterocycles. The van der Waals surface area contributed by atoms with Gasteiger partial charge in [0.15, 0.2) is 0 Å². The molecule has 0 aliphatic carbocycles. The van der Waals surface area contributed by atoms with E-state index in [0.717, 1.165) is 0 Å². The fourth-order valence-electron chi connectivity index (χ4n) is 2.59. The van der Waals surface area contributed by atoms with Crippen LogP contribution in [0, 0.1) is 0 Å². The van der Waals surface area contributed by atoms with Crippen molar-refractivity contribution in [2.75, 3.05) is 7.11 Å². The molecule has 2 aromatic carbocycles. The van der Waals surface area contributed by atoms with E-state index in [9.17, 15) is 13.2 Å². The largest absolute Gasteiger partial charge is 0.497 e. The number of methoxy groups -OCH3 is 1. The molecular weight excluding hydrogens is 291 g/mol. The van der Waals surface area contributed by atoms with Gasteiger partial charge in [-0.25, -0.2) is 0 Å². The highest BCUT2D eigenvalue weighted by molar-refractivity contribution is 5.90. The zero-order valence-corrected chi connectivity index (χ0v) is 11.9. The summed E-state index contributed by atoms with van der Waals surface area (Å²) in [7, 11) is 1.55. The smallest absolute Gasteiger partial charge is 0.393 e. The van der Waals surface area contributed by atoms with Crippen molar-refractivity contribution in [2.45, 2.75) is 12.6 Å². The number of aromatic nitrogens is 1. The minimum atomic E-state index is -4.26. The Balaban J connectivity index is 2.16. The first kappa shape index (κ1) is 14.5. The summed E-state index contributed by atoms with van der Waals surface area (Å²) in [5.41, 5.74) is 2.18. The van der Waals surface area contributed by atoms with Gasteiger partial charge in [-0.3, -0.25) is 0 Å². The van der Waals surface area contributed by atoms with Crippen LogP contribution in [-0.2, 0) is 6.42 Å². The van der Waals surface area contributed by atoms with Gasteiger partial charge in [0.25, 0.3) is 0 Å². The first-order valence-corrected chi connectivity index (χ1v) is 6.79. The number of hydrogen-bond donors (Lipinski definition) is 1. The van der Waals surface area contributed by atoms with E-state index in [4.69, 9.17) is 4.74 Å². The van der Waals surface area contributed by atoms with Crippen LogP contribution >= 0.6 is 0 Å². The van der Waals surface area contributed by atoms with Crippen molar-refractivity contribution in [1.29, 1.82) is 0 Å². The molecule has 0 bridgehead atoms. The summed E-state index contributed by atoms with van der Waals surface area (Å²) in [6.07, 6.45) is -5.22. The second-order valence-electron chi connectivity index (χ2n) is 5.04. The number of nitrogens with one attached hydrogen (secondary N) is 1. The molecular formula is C17H14F3NO. The van der Waals surface area contributed by atoms with E-state index in [2.05, 4.69) is 4.98 Å². The molecule has 1 N–H and O–H groups in total. The first-order chi connectivity index (χ1) is 10.5. The average Bonchev–Trinajstić information content (AvgIpc) is 2.84. The number of ether oxygens (including phenoxy) is 1. The van der Waals surface area contributed by atoms with E-state index in [0.29, 0.717) is 27.9 Å². The quantitative estimate of drug-likeness (QED) is 0.728. The van der Waals surface area contributed by atoms with Crippen LogP contribution < -0.4 is 4.74 Å². The summed E-state index contributed by atoms with van der Waals surface area (Å²) >= 11 is 0. The number of hydrogen-bond acceptors (Lipinski definition) is 1. The zero-order valence-electron chi connectivity index (χ0n) is 11.9. The van der Waals surface area contributed by atoms with Gasteiger partial charge in [0, 0.05) is 10.9 Å². The van der Waals surface area contributed by atoms with E-state index in [1.165, 1.54) is 0 Å². The van der Waals surface area contributed by atoms with Gasteiger partial charge in [0.2, 0.25) is 0 Å². The molecule has 0 atom stereocenters. The number of aromatic amines is 1. The number of fused-ring (bicyclic) bond motifs is 1. The number of para-hydroxylation sites is 1. The molecule has 1 heterocycles. The standard InChI is InChI=1S/C17H14F3NO/c1-22-12-8-6-11(7-9-12)16-14(10-17(18,19)20)13-4-2-3-5-15(13)21-16/h2-9,21H,10H2,1H3. The third-order valence-electron chi connectivity index (χ3n) is 3.57. The molecule has 0 spiro atoms. The van der Waals surface area contributed by atoms with Crippen molar-refractivity contribution in [1.82, 2.24) is 4.98 Å². The SMILES string of the molecule is COc1ccc(-c2[nH]c3ccccc3c2CC(F)(F)F)cc1. The van der Waals surface area contributed by atoms with Crippen LogP contribution in [0.25, 0.3) is 22.2 Å². The minimum Gasteiger partial charge on any atom is -0.497 e. The molecule has 0 saturated heterocycles. The van der Waals surface area contributed by atoms with Crippen molar-refractivity contribution in [3.05, 3.63) is 54.1 Å². The molecule has 5 heteroatoms. The Hall–Kier alpha value is -2.43. The van der Waals surface area contributed by atoms with Gasteiger partial charge in [0.05, 0.1) is 19.2 Å². The van der Waals surface area contributed by atoms with Gasteiger partial charge in [-0.15, -0.1) is 0 Å². The summed E-state index contributed by atoms with van der Waals surface area (Å²) in [4.78, 5) is 3.10. The molecule has 22 heavy (non-hydrogen) atoms. The second kappa shape index (κ2) is 5.40. The maximum absolute atomic E-state index is 12.9. The van der Waals surface area contributed by atoms with Crippen LogP contribution in [0.3, 0.4) is 0 Å². The summed E-state index contributed by atoms with van der Waals surface area (Å²) in [6, 6.07) is 14.0. The van der Waals surface area contributed by atoms with E-state index >= 15 is 0 Å². The average molecular weight is 305 g/mol. The summed E-state index contributed by atoms with van der Waals surface area (Å²) in [5.74, 6) is 0.664. The van der Waals surface area contributed by atoms with Crippen molar-refractivity contribution >= 4 is 10.9 Å². The Kier molecular flexibility index (Phi) is 3.56. The lowest BCUT2D eigenvalue weighted by atomic mass is 10.0. The van der Waals surface area contributed by atoms with E-state index in [1.807, 2.05) is 0 Å². The van der Waals surface area contributed by atoms with Crippen LogP contribution in [0.15, 0.2) is 48.5 Å². The van der Waals surface area contributed by atoms with Crippen LogP contribution in [-0.4, -0.2) is 18.3 Å². The molecule has 0 aliphatic rings. The highest BCUT2D eigenvalue weighted by Crippen LogP contribution is 2.35. The lowest BCUT2D eigenvalue weighted by Gasteiger charge is -2.09. The lowest BCUT2D eigenvalue weighted by molar-refractivity contribution is -0.126. The Morgan fingerprint density at radius 3 is 2.32 bits per heavy atom. The Bertz CT molecular complexity index is 788. The Labute approximate surface area is 125 Å². The second-order valence-corrected chi connectivity index (χ2v) is 5.04. The third-order valence-corrected chi connectivity index (χ3v) is 3.57. The lowest BCUT2D eigenvalue weighted by Crippen LogP contribution is -2.11. The number of rotatable bonds is 3. The van der Waals surface area contributed by atoms with Gasteiger partial charge < -0.3 is 9.72 Å². The zero-order chi connectivity index (χ0) is 15.7. The van der Waals surface area contributed by atoms with Crippen molar-refractivity contribution in [2.24, 2.45) is 0 Å². The van der Waals surface area contributed by atoms with E-state index in [-0.39, 0.29) is 5.56 Å². The molecule has 1 aromatic heterocycles. The molecule has 114 valence electrons. The normalized spacial score (nSPS) is 11.8. The van der Waals surface area contributed by atoms with Crippen molar-refractivity contribution in [3.8, 4) is 17.0 Å². The molecule has 0 radical (unpaired) electrons. The Morgan fingerprint density at radius 1 is 1.00 bits per heavy atom. The van der Waals surface area contributed by atoms with Crippen LogP contribution in [0.2, 0.25) is 0 Å². The molecule has 2 nitrogen and oxygen atoms in total. The van der Waals surface area contributed by atoms with Crippen LogP contribution in [0.5, 0.6) is 5.75 Å². The molecule has 0 fully saturated rings. The highest BCUT2D eigenvalue weighted by Gasteiger charge is 2.31. The summed E-state index contributed by atoms with van der Waals surface area (Å²) in [5, 5.41) is 0.602. The highest BCUT2D eigenvalue weighted by atomic mass is 19.4.